The van der Waals surface area contributed by atoms with Crippen LogP contribution in [0.3, 0.4) is 0 Å². The zero-order valence-electron chi connectivity index (χ0n) is 12.6. The summed E-state index contributed by atoms with van der Waals surface area (Å²) in [5.41, 5.74) is 7.27. The van der Waals surface area contributed by atoms with Crippen molar-refractivity contribution in [2.45, 2.75) is 18.6 Å². The van der Waals surface area contributed by atoms with Gasteiger partial charge in [0, 0.05) is 6.54 Å². The predicted octanol–water partition coefficient (Wildman–Crippen LogP) is 1.21. The monoisotopic (exact) mass is 310 g/mol. The van der Waals surface area contributed by atoms with Crippen molar-refractivity contribution in [1.82, 2.24) is 4.90 Å². The van der Waals surface area contributed by atoms with Gasteiger partial charge in [0.1, 0.15) is 0 Å². The first-order chi connectivity index (χ1) is 11.1. The molecular weight excluding hydrogens is 292 g/mol. The summed E-state index contributed by atoms with van der Waals surface area (Å²) in [6.45, 7) is -0.0229. The molecule has 1 aliphatic rings. The number of aliphatic hydroxyl groups excluding tert-OH is 1. The highest BCUT2D eigenvalue weighted by Crippen LogP contribution is 2.27. The molecule has 2 amide bonds. The molecule has 0 bridgehead atoms. The minimum absolute atomic E-state index is 0.0229. The summed E-state index contributed by atoms with van der Waals surface area (Å²) in [7, 11) is 0. The van der Waals surface area contributed by atoms with E-state index in [1.54, 1.807) is 24.3 Å². The average molecular weight is 310 g/mol. The first kappa shape index (κ1) is 15.4. The van der Waals surface area contributed by atoms with Gasteiger partial charge in [0.25, 0.3) is 11.8 Å². The molecule has 2 atom stereocenters. The second-order valence-electron chi connectivity index (χ2n) is 5.59. The Bertz CT molecular complexity index is 695. The third-order valence-corrected chi connectivity index (χ3v) is 4.13. The standard InChI is InChI=1S/C18H18N2O3/c19-11-16(21)15(10-12-6-2-1-3-7-12)20-17(22)13-8-4-5-9-14(13)18(20)23/h1-9,15-16,21H,10-11,19H2/t15-,16+/m0/s1. The van der Waals surface area contributed by atoms with Crippen LogP contribution in [0.5, 0.6) is 0 Å². The first-order valence-corrected chi connectivity index (χ1v) is 7.52. The minimum atomic E-state index is -0.975. The molecule has 0 aliphatic carbocycles. The number of nitrogens with two attached hydrogens (primary N) is 1. The van der Waals surface area contributed by atoms with E-state index in [-0.39, 0.29) is 18.4 Å². The van der Waals surface area contributed by atoms with Crippen LogP contribution in [0.4, 0.5) is 0 Å². The number of rotatable bonds is 5. The molecule has 0 spiro atoms. The van der Waals surface area contributed by atoms with Gasteiger partial charge in [0.15, 0.2) is 0 Å². The van der Waals surface area contributed by atoms with Crippen molar-refractivity contribution in [1.29, 1.82) is 0 Å². The molecule has 3 rings (SSSR count). The van der Waals surface area contributed by atoms with Crippen molar-refractivity contribution in [2.24, 2.45) is 5.73 Å². The van der Waals surface area contributed by atoms with Crippen molar-refractivity contribution in [3.63, 3.8) is 0 Å². The Labute approximate surface area is 134 Å². The Hall–Kier alpha value is -2.50. The molecule has 2 aromatic rings. The number of amides is 2. The van der Waals surface area contributed by atoms with Crippen LogP contribution in [-0.2, 0) is 6.42 Å². The Morgan fingerprint density at radius 1 is 0.913 bits per heavy atom. The normalized spacial score (nSPS) is 16.3. The third kappa shape index (κ3) is 2.76. The SMILES string of the molecule is NC[C@@H](O)[C@H](Cc1ccccc1)N1C(=O)c2ccccc2C1=O. The van der Waals surface area contributed by atoms with Gasteiger partial charge in [-0.25, -0.2) is 0 Å². The minimum Gasteiger partial charge on any atom is -0.390 e. The molecule has 0 unspecified atom stereocenters. The Kier molecular flexibility index (Phi) is 4.23. The lowest BCUT2D eigenvalue weighted by Gasteiger charge is -2.30. The van der Waals surface area contributed by atoms with Gasteiger partial charge in [0.05, 0.1) is 23.3 Å². The molecular formula is C18H18N2O3. The number of carbonyl (C=O) groups excluding carboxylic acids is 2. The van der Waals surface area contributed by atoms with Gasteiger partial charge in [0.2, 0.25) is 0 Å². The fraction of sp³-hybridized carbons (Fsp3) is 0.222. The van der Waals surface area contributed by atoms with Crippen LogP contribution in [-0.4, -0.2) is 40.5 Å². The lowest BCUT2D eigenvalue weighted by Crippen LogP contribution is -2.50. The number of hydrogen-bond donors (Lipinski definition) is 2. The second-order valence-corrected chi connectivity index (χ2v) is 5.59. The molecule has 0 aromatic heterocycles. The Balaban J connectivity index is 1.95. The first-order valence-electron chi connectivity index (χ1n) is 7.52. The molecule has 2 aromatic carbocycles. The average Bonchev–Trinajstić information content (AvgIpc) is 2.85. The van der Waals surface area contributed by atoms with Gasteiger partial charge in [-0.15, -0.1) is 0 Å². The molecule has 0 saturated heterocycles. The summed E-state index contributed by atoms with van der Waals surface area (Å²) in [6, 6.07) is 15.5. The summed E-state index contributed by atoms with van der Waals surface area (Å²) >= 11 is 0. The molecule has 23 heavy (non-hydrogen) atoms. The van der Waals surface area contributed by atoms with Crippen molar-refractivity contribution in [2.75, 3.05) is 6.54 Å². The van der Waals surface area contributed by atoms with Gasteiger partial charge in [-0.3, -0.25) is 14.5 Å². The maximum Gasteiger partial charge on any atom is 0.261 e. The van der Waals surface area contributed by atoms with Crippen LogP contribution in [0.1, 0.15) is 26.3 Å². The maximum atomic E-state index is 12.6. The number of fused-ring (bicyclic) bond motifs is 1. The van der Waals surface area contributed by atoms with Gasteiger partial charge >= 0.3 is 0 Å². The van der Waals surface area contributed by atoms with Gasteiger partial charge < -0.3 is 10.8 Å². The van der Waals surface area contributed by atoms with E-state index < -0.39 is 12.1 Å². The fourth-order valence-corrected chi connectivity index (χ4v) is 2.92. The van der Waals surface area contributed by atoms with E-state index in [1.165, 1.54) is 0 Å². The van der Waals surface area contributed by atoms with E-state index >= 15 is 0 Å². The van der Waals surface area contributed by atoms with Crippen molar-refractivity contribution < 1.29 is 14.7 Å². The molecule has 0 fully saturated rings. The lowest BCUT2D eigenvalue weighted by molar-refractivity contribution is 0.0360. The maximum absolute atomic E-state index is 12.6. The molecule has 118 valence electrons. The fourth-order valence-electron chi connectivity index (χ4n) is 2.92. The Morgan fingerprint density at radius 2 is 1.43 bits per heavy atom. The smallest absolute Gasteiger partial charge is 0.261 e. The molecule has 0 saturated carbocycles. The van der Waals surface area contributed by atoms with E-state index in [1.807, 2.05) is 30.3 Å². The number of hydrogen-bond acceptors (Lipinski definition) is 4. The van der Waals surface area contributed by atoms with Gasteiger partial charge in [-0.1, -0.05) is 42.5 Å². The van der Waals surface area contributed by atoms with Gasteiger partial charge in [-0.05, 0) is 24.1 Å². The van der Waals surface area contributed by atoms with Crippen LogP contribution in [0, 0.1) is 0 Å². The Morgan fingerprint density at radius 3 is 1.96 bits per heavy atom. The zero-order chi connectivity index (χ0) is 16.4. The van der Waals surface area contributed by atoms with Crippen LogP contribution < -0.4 is 5.73 Å². The summed E-state index contributed by atoms with van der Waals surface area (Å²) in [5.74, 6) is -0.752. The summed E-state index contributed by atoms with van der Waals surface area (Å²) in [6.07, 6.45) is -0.609. The molecule has 1 aliphatic heterocycles. The predicted molar refractivity (Wildman–Crippen MR) is 85.9 cm³/mol. The van der Waals surface area contributed by atoms with Crippen molar-refractivity contribution in [3.8, 4) is 0 Å². The third-order valence-electron chi connectivity index (χ3n) is 4.13. The molecule has 5 heteroatoms. The second kappa shape index (κ2) is 6.32. The number of benzene rings is 2. The number of aliphatic hydroxyl groups is 1. The highest BCUT2D eigenvalue weighted by Gasteiger charge is 2.41. The quantitative estimate of drug-likeness (QED) is 0.813. The van der Waals surface area contributed by atoms with E-state index in [0.717, 1.165) is 10.5 Å². The van der Waals surface area contributed by atoms with Crippen LogP contribution in [0.15, 0.2) is 54.6 Å². The number of imide groups is 1. The number of nitrogens with zero attached hydrogens (tertiary/aromatic N) is 1. The number of carbonyl (C=O) groups is 2. The van der Waals surface area contributed by atoms with E-state index in [0.29, 0.717) is 17.5 Å². The van der Waals surface area contributed by atoms with E-state index in [2.05, 4.69) is 0 Å². The van der Waals surface area contributed by atoms with Crippen LogP contribution in [0.2, 0.25) is 0 Å². The molecule has 0 radical (unpaired) electrons. The summed E-state index contributed by atoms with van der Waals surface area (Å²) in [4.78, 5) is 26.4. The van der Waals surface area contributed by atoms with Crippen molar-refractivity contribution >= 4 is 11.8 Å². The molecule has 3 N–H and O–H groups in total. The molecule has 1 heterocycles. The summed E-state index contributed by atoms with van der Waals surface area (Å²) in [5, 5.41) is 10.3. The molecule has 5 nitrogen and oxygen atoms in total. The topological polar surface area (TPSA) is 83.6 Å². The van der Waals surface area contributed by atoms with Crippen LogP contribution >= 0.6 is 0 Å². The highest BCUT2D eigenvalue weighted by molar-refractivity contribution is 6.21. The lowest BCUT2D eigenvalue weighted by atomic mass is 9.99. The highest BCUT2D eigenvalue weighted by atomic mass is 16.3. The van der Waals surface area contributed by atoms with Gasteiger partial charge in [-0.2, -0.15) is 0 Å². The van der Waals surface area contributed by atoms with E-state index in [9.17, 15) is 14.7 Å². The van der Waals surface area contributed by atoms with E-state index in [4.69, 9.17) is 5.73 Å². The zero-order valence-corrected chi connectivity index (χ0v) is 12.6. The van der Waals surface area contributed by atoms with Crippen LogP contribution in [0.25, 0.3) is 0 Å². The summed E-state index contributed by atoms with van der Waals surface area (Å²) < 4.78 is 0. The largest absolute Gasteiger partial charge is 0.390 e. The van der Waals surface area contributed by atoms with Crippen molar-refractivity contribution in [3.05, 3.63) is 71.3 Å².